The molecule has 1 aromatic heterocycles. The predicted molar refractivity (Wildman–Crippen MR) is 76.8 cm³/mol. The molecule has 1 rings (SSSR count). The Morgan fingerprint density at radius 2 is 1.89 bits per heavy atom. The highest BCUT2D eigenvalue weighted by Crippen LogP contribution is 2.16. The Morgan fingerprint density at radius 3 is 2.53 bits per heavy atom. The first-order valence-corrected chi connectivity index (χ1v) is 7.42. The molecule has 1 unspecified atom stereocenters. The molecule has 0 fully saturated rings. The molecule has 0 saturated heterocycles. The van der Waals surface area contributed by atoms with Crippen LogP contribution in [0.5, 0.6) is 0 Å². The van der Waals surface area contributed by atoms with E-state index in [-0.39, 0.29) is 6.04 Å². The van der Waals surface area contributed by atoms with Gasteiger partial charge in [-0.1, -0.05) is 0 Å². The van der Waals surface area contributed by atoms with E-state index in [1.54, 1.807) is 18.4 Å². The van der Waals surface area contributed by atoms with Crippen molar-refractivity contribution in [3.63, 3.8) is 0 Å². The van der Waals surface area contributed by atoms with Crippen LogP contribution in [0.1, 0.15) is 23.7 Å². The van der Waals surface area contributed by atoms with E-state index in [0.29, 0.717) is 33.0 Å². The first-order valence-electron chi connectivity index (χ1n) is 6.54. The van der Waals surface area contributed by atoms with E-state index in [4.69, 9.17) is 14.2 Å². The molecule has 0 amide bonds. The summed E-state index contributed by atoms with van der Waals surface area (Å²) in [4.78, 5) is 4.45. The molecule has 5 nitrogen and oxygen atoms in total. The number of nitrogens with one attached hydrogen (secondary N) is 1. The summed E-state index contributed by atoms with van der Waals surface area (Å²) in [6.45, 7) is 8.12. The maximum atomic E-state index is 5.46. The molecular weight excluding hydrogens is 264 g/mol. The van der Waals surface area contributed by atoms with Crippen molar-refractivity contribution in [1.82, 2.24) is 10.3 Å². The molecule has 6 heteroatoms. The lowest BCUT2D eigenvalue weighted by molar-refractivity contribution is 0.0253. The van der Waals surface area contributed by atoms with Gasteiger partial charge in [-0.2, -0.15) is 0 Å². The van der Waals surface area contributed by atoms with E-state index in [2.05, 4.69) is 22.6 Å². The van der Waals surface area contributed by atoms with Gasteiger partial charge in [-0.05, 0) is 13.8 Å². The average molecular weight is 288 g/mol. The molecule has 1 aromatic rings. The summed E-state index contributed by atoms with van der Waals surface area (Å²) in [6, 6.07) is 0.278. The fourth-order valence-corrected chi connectivity index (χ4v) is 2.30. The first kappa shape index (κ1) is 16.5. The number of aryl methyl sites for hydroxylation is 1. The van der Waals surface area contributed by atoms with Crippen LogP contribution in [0.2, 0.25) is 0 Å². The zero-order chi connectivity index (χ0) is 13.9. The van der Waals surface area contributed by atoms with Gasteiger partial charge in [-0.3, -0.25) is 0 Å². The number of hydrogen-bond acceptors (Lipinski definition) is 6. The van der Waals surface area contributed by atoms with E-state index >= 15 is 0 Å². The molecule has 0 aliphatic carbocycles. The van der Waals surface area contributed by atoms with Crippen LogP contribution in [0.4, 0.5) is 0 Å². The standard InChI is InChI=1S/C13H24N2O3S/c1-11-10-19-13(15-11)12(2)14-4-5-17-8-9-18-7-6-16-3/h10,12,14H,4-9H2,1-3H3. The van der Waals surface area contributed by atoms with Gasteiger partial charge in [0.05, 0.1) is 39.1 Å². The molecule has 110 valence electrons. The smallest absolute Gasteiger partial charge is 0.110 e. The van der Waals surface area contributed by atoms with Gasteiger partial charge in [0.1, 0.15) is 5.01 Å². The number of methoxy groups -OCH3 is 1. The van der Waals surface area contributed by atoms with Crippen LogP contribution in [0.3, 0.4) is 0 Å². The fraction of sp³-hybridized carbons (Fsp3) is 0.769. The highest BCUT2D eigenvalue weighted by atomic mass is 32.1. The summed E-state index contributed by atoms with van der Waals surface area (Å²) < 4.78 is 15.6. The van der Waals surface area contributed by atoms with E-state index in [1.807, 2.05) is 6.92 Å². The zero-order valence-corrected chi connectivity index (χ0v) is 12.8. The van der Waals surface area contributed by atoms with Crippen molar-refractivity contribution in [3.05, 3.63) is 16.1 Å². The first-order chi connectivity index (χ1) is 9.24. The number of ether oxygens (including phenoxy) is 3. The quantitative estimate of drug-likeness (QED) is 0.629. The molecule has 0 aromatic carbocycles. The van der Waals surface area contributed by atoms with Crippen LogP contribution < -0.4 is 5.32 Å². The van der Waals surface area contributed by atoms with Gasteiger partial charge in [-0.25, -0.2) is 4.98 Å². The molecule has 0 bridgehead atoms. The van der Waals surface area contributed by atoms with Crippen molar-refractivity contribution in [2.45, 2.75) is 19.9 Å². The molecule has 1 heterocycles. The monoisotopic (exact) mass is 288 g/mol. The largest absolute Gasteiger partial charge is 0.382 e. The summed E-state index contributed by atoms with van der Waals surface area (Å²) in [6.07, 6.45) is 0. The minimum absolute atomic E-state index is 0.278. The lowest BCUT2D eigenvalue weighted by Crippen LogP contribution is -2.24. The van der Waals surface area contributed by atoms with Crippen LogP contribution in [0.15, 0.2) is 5.38 Å². The van der Waals surface area contributed by atoms with Gasteiger partial charge < -0.3 is 19.5 Å². The average Bonchev–Trinajstić information content (AvgIpc) is 2.83. The van der Waals surface area contributed by atoms with E-state index in [9.17, 15) is 0 Å². The highest BCUT2D eigenvalue weighted by molar-refractivity contribution is 7.09. The Morgan fingerprint density at radius 1 is 1.21 bits per heavy atom. The number of aromatic nitrogens is 1. The predicted octanol–water partition coefficient (Wildman–Crippen LogP) is 1.78. The lowest BCUT2D eigenvalue weighted by atomic mass is 10.3. The zero-order valence-electron chi connectivity index (χ0n) is 12.0. The second kappa shape index (κ2) is 10.3. The van der Waals surface area contributed by atoms with Crippen LogP contribution in [0, 0.1) is 6.92 Å². The minimum atomic E-state index is 0.278. The Hall–Kier alpha value is -0.530. The second-order valence-corrected chi connectivity index (χ2v) is 5.11. The summed E-state index contributed by atoms with van der Waals surface area (Å²) >= 11 is 1.69. The van der Waals surface area contributed by atoms with Gasteiger partial charge >= 0.3 is 0 Å². The van der Waals surface area contributed by atoms with E-state index in [1.165, 1.54) is 0 Å². The van der Waals surface area contributed by atoms with Crippen molar-refractivity contribution < 1.29 is 14.2 Å². The van der Waals surface area contributed by atoms with Crippen molar-refractivity contribution in [2.24, 2.45) is 0 Å². The van der Waals surface area contributed by atoms with Crippen molar-refractivity contribution in [1.29, 1.82) is 0 Å². The Labute approximate surface area is 119 Å². The van der Waals surface area contributed by atoms with Crippen LogP contribution in [-0.2, 0) is 14.2 Å². The topological polar surface area (TPSA) is 52.6 Å². The molecule has 0 radical (unpaired) electrons. The number of nitrogens with zero attached hydrogens (tertiary/aromatic N) is 1. The third-order valence-corrected chi connectivity index (χ3v) is 3.65. The molecule has 19 heavy (non-hydrogen) atoms. The highest BCUT2D eigenvalue weighted by Gasteiger charge is 2.07. The molecule has 0 spiro atoms. The normalized spacial score (nSPS) is 12.8. The molecule has 1 N–H and O–H groups in total. The number of hydrogen-bond donors (Lipinski definition) is 1. The minimum Gasteiger partial charge on any atom is -0.382 e. The molecule has 0 saturated carbocycles. The number of thiazole rings is 1. The Balaban J connectivity index is 1.93. The van der Waals surface area contributed by atoms with Gasteiger partial charge in [0.25, 0.3) is 0 Å². The maximum Gasteiger partial charge on any atom is 0.110 e. The lowest BCUT2D eigenvalue weighted by Gasteiger charge is -2.11. The second-order valence-electron chi connectivity index (χ2n) is 4.22. The molecule has 0 aliphatic rings. The third-order valence-electron chi connectivity index (χ3n) is 2.51. The van der Waals surface area contributed by atoms with Crippen molar-refractivity contribution in [2.75, 3.05) is 46.7 Å². The van der Waals surface area contributed by atoms with Crippen LogP contribution in [-0.4, -0.2) is 51.7 Å². The van der Waals surface area contributed by atoms with Crippen LogP contribution in [0.25, 0.3) is 0 Å². The fourth-order valence-electron chi connectivity index (χ4n) is 1.47. The van der Waals surface area contributed by atoms with Gasteiger partial charge in [0, 0.05) is 24.7 Å². The van der Waals surface area contributed by atoms with Crippen molar-refractivity contribution >= 4 is 11.3 Å². The third kappa shape index (κ3) is 7.59. The van der Waals surface area contributed by atoms with Crippen molar-refractivity contribution in [3.8, 4) is 0 Å². The van der Waals surface area contributed by atoms with Crippen LogP contribution >= 0.6 is 11.3 Å². The summed E-state index contributed by atoms with van der Waals surface area (Å²) in [5.41, 5.74) is 1.08. The summed E-state index contributed by atoms with van der Waals surface area (Å²) in [7, 11) is 1.66. The molecular formula is C13H24N2O3S. The Bertz CT molecular complexity index is 333. The number of rotatable bonds is 11. The Kier molecular flexibility index (Phi) is 8.94. The summed E-state index contributed by atoms with van der Waals surface area (Å²) in [5, 5.41) is 6.58. The summed E-state index contributed by atoms with van der Waals surface area (Å²) in [5.74, 6) is 0. The van der Waals surface area contributed by atoms with Gasteiger partial charge in [0.2, 0.25) is 0 Å². The molecule has 0 aliphatic heterocycles. The van der Waals surface area contributed by atoms with E-state index < -0.39 is 0 Å². The molecule has 1 atom stereocenters. The van der Waals surface area contributed by atoms with Gasteiger partial charge in [-0.15, -0.1) is 11.3 Å². The van der Waals surface area contributed by atoms with E-state index in [0.717, 1.165) is 17.2 Å². The van der Waals surface area contributed by atoms with Gasteiger partial charge in [0.15, 0.2) is 0 Å². The maximum absolute atomic E-state index is 5.46. The SMILES string of the molecule is COCCOCCOCCNC(C)c1nc(C)cs1.